The van der Waals surface area contributed by atoms with Gasteiger partial charge in [0.25, 0.3) is 5.56 Å². The van der Waals surface area contributed by atoms with E-state index in [1.165, 1.54) is 16.7 Å². The van der Waals surface area contributed by atoms with Gasteiger partial charge in [-0.1, -0.05) is 18.2 Å². The van der Waals surface area contributed by atoms with Gasteiger partial charge in [0.1, 0.15) is 5.82 Å². The van der Waals surface area contributed by atoms with Crippen molar-refractivity contribution in [3.05, 3.63) is 94.8 Å². The Labute approximate surface area is 171 Å². The Bertz CT molecular complexity index is 1380. The Morgan fingerprint density at radius 2 is 1.90 bits per heavy atom. The van der Waals surface area contributed by atoms with Crippen LogP contribution in [0.1, 0.15) is 5.69 Å². The summed E-state index contributed by atoms with van der Waals surface area (Å²) in [7, 11) is 0. The lowest BCUT2D eigenvalue weighted by molar-refractivity contribution is 0.631. The smallest absolute Gasteiger partial charge is 0.257 e. The summed E-state index contributed by atoms with van der Waals surface area (Å²) in [5, 5.41) is 3.73. The number of H-pyrrole nitrogens is 1. The second-order valence-electron chi connectivity index (χ2n) is 6.97. The lowest BCUT2D eigenvalue weighted by Gasteiger charge is -2.12. The minimum Gasteiger partial charge on any atom is -0.382 e. The molecule has 7 heteroatoms. The van der Waals surface area contributed by atoms with Crippen LogP contribution in [0.5, 0.6) is 0 Å². The molecular formula is C23H18FN5O. The van der Waals surface area contributed by atoms with E-state index in [1.807, 2.05) is 42.5 Å². The third-order valence-electron chi connectivity index (χ3n) is 4.99. The predicted octanol–water partition coefficient (Wildman–Crippen LogP) is 4.06. The van der Waals surface area contributed by atoms with Gasteiger partial charge in [0.2, 0.25) is 5.95 Å². The van der Waals surface area contributed by atoms with Gasteiger partial charge in [0.05, 0.1) is 22.2 Å². The first-order valence-electron chi connectivity index (χ1n) is 9.63. The Morgan fingerprint density at radius 1 is 1.03 bits per heavy atom. The Morgan fingerprint density at radius 3 is 2.73 bits per heavy atom. The van der Waals surface area contributed by atoms with Gasteiger partial charge in [-0.3, -0.25) is 9.78 Å². The zero-order valence-electron chi connectivity index (χ0n) is 16.0. The summed E-state index contributed by atoms with van der Waals surface area (Å²) in [5.41, 5.74) is 3.16. The van der Waals surface area contributed by atoms with Crippen molar-refractivity contribution in [3.8, 4) is 5.95 Å². The van der Waals surface area contributed by atoms with E-state index in [-0.39, 0.29) is 11.4 Å². The maximum atomic E-state index is 14.7. The molecule has 0 saturated heterocycles. The molecule has 3 aromatic heterocycles. The first kappa shape index (κ1) is 18.1. The van der Waals surface area contributed by atoms with Crippen LogP contribution >= 0.6 is 0 Å². The number of halogens is 1. The predicted molar refractivity (Wildman–Crippen MR) is 116 cm³/mol. The van der Waals surface area contributed by atoms with Crippen molar-refractivity contribution in [2.75, 3.05) is 11.9 Å². The molecule has 30 heavy (non-hydrogen) atoms. The zero-order valence-corrected chi connectivity index (χ0v) is 16.0. The van der Waals surface area contributed by atoms with Crippen LogP contribution in [-0.2, 0) is 6.42 Å². The zero-order chi connectivity index (χ0) is 20.5. The minimum atomic E-state index is -0.377. The SMILES string of the molecule is O=c1ccc2cc(F)c(NCCc3ccccn3)cc2n1-c1nc2ccccc2[nH]1. The molecule has 0 spiro atoms. The lowest BCUT2D eigenvalue weighted by Crippen LogP contribution is -2.19. The molecule has 0 atom stereocenters. The minimum absolute atomic E-state index is 0.243. The van der Waals surface area contributed by atoms with Crippen LogP contribution in [0.25, 0.3) is 27.9 Å². The fourth-order valence-electron chi connectivity index (χ4n) is 3.53. The number of aromatic amines is 1. The number of pyridine rings is 2. The van der Waals surface area contributed by atoms with Gasteiger partial charge in [0, 0.05) is 36.3 Å². The van der Waals surface area contributed by atoms with Gasteiger partial charge in [-0.25, -0.2) is 13.9 Å². The fraction of sp³-hybridized carbons (Fsp3) is 0.0870. The molecule has 0 unspecified atom stereocenters. The Balaban J connectivity index is 1.55. The third-order valence-corrected chi connectivity index (χ3v) is 4.99. The summed E-state index contributed by atoms with van der Waals surface area (Å²) in [5.74, 6) is 0.0242. The molecule has 0 saturated carbocycles. The highest BCUT2D eigenvalue weighted by molar-refractivity contribution is 5.85. The van der Waals surface area contributed by atoms with Crippen LogP contribution in [-0.4, -0.2) is 26.1 Å². The van der Waals surface area contributed by atoms with Gasteiger partial charge < -0.3 is 10.3 Å². The van der Waals surface area contributed by atoms with Gasteiger partial charge in [-0.15, -0.1) is 0 Å². The number of benzene rings is 2. The molecule has 2 N–H and O–H groups in total. The van der Waals surface area contributed by atoms with Crippen LogP contribution in [0.3, 0.4) is 0 Å². The molecule has 0 fully saturated rings. The first-order valence-corrected chi connectivity index (χ1v) is 9.63. The number of imidazole rings is 1. The average Bonchev–Trinajstić information content (AvgIpc) is 3.19. The molecule has 0 aliphatic rings. The number of hydrogen-bond acceptors (Lipinski definition) is 4. The number of para-hydroxylation sites is 2. The van der Waals surface area contributed by atoms with Crippen molar-refractivity contribution >= 4 is 27.6 Å². The summed E-state index contributed by atoms with van der Waals surface area (Å²) >= 11 is 0. The number of hydrogen-bond donors (Lipinski definition) is 2. The molecule has 6 nitrogen and oxygen atoms in total. The van der Waals surface area contributed by atoms with Gasteiger partial charge in [-0.05, 0) is 42.5 Å². The Kier molecular flexibility index (Phi) is 4.48. The first-order chi connectivity index (χ1) is 14.7. The molecule has 0 amide bonds. The second-order valence-corrected chi connectivity index (χ2v) is 6.97. The molecule has 0 radical (unpaired) electrons. The normalized spacial score (nSPS) is 11.2. The highest BCUT2D eigenvalue weighted by Crippen LogP contribution is 2.24. The Hall–Kier alpha value is -4.00. The summed E-state index contributed by atoms with van der Waals surface area (Å²) in [6, 6.07) is 19.4. The van der Waals surface area contributed by atoms with Crippen LogP contribution < -0.4 is 10.9 Å². The number of anilines is 1. The van der Waals surface area contributed by atoms with Crippen molar-refractivity contribution < 1.29 is 4.39 Å². The summed E-state index contributed by atoms with van der Waals surface area (Å²) in [6.45, 7) is 0.515. The topological polar surface area (TPSA) is 75.6 Å². The van der Waals surface area contributed by atoms with Crippen molar-refractivity contribution in [2.45, 2.75) is 6.42 Å². The van der Waals surface area contributed by atoms with Crippen LogP contribution in [0, 0.1) is 5.82 Å². The van der Waals surface area contributed by atoms with Crippen molar-refractivity contribution in [1.29, 1.82) is 0 Å². The van der Waals surface area contributed by atoms with Crippen molar-refractivity contribution in [2.24, 2.45) is 0 Å². The maximum Gasteiger partial charge on any atom is 0.257 e. The lowest BCUT2D eigenvalue weighted by atomic mass is 10.1. The summed E-state index contributed by atoms with van der Waals surface area (Å²) in [6.07, 6.45) is 2.39. The van der Waals surface area contributed by atoms with E-state index in [9.17, 15) is 9.18 Å². The van der Waals surface area contributed by atoms with E-state index >= 15 is 0 Å². The molecular weight excluding hydrogens is 381 g/mol. The number of aromatic nitrogens is 4. The van der Waals surface area contributed by atoms with Gasteiger partial charge >= 0.3 is 0 Å². The highest BCUT2D eigenvalue weighted by atomic mass is 19.1. The van der Waals surface area contributed by atoms with E-state index in [4.69, 9.17) is 0 Å². The maximum absolute atomic E-state index is 14.7. The van der Waals surface area contributed by atoms with E-state index < -0.39 is 0 Å². The standard InChI is InChI=1S/C23H18FN5O/c24-17-13-15-8-9-22(30)29(23-27-18-6-1-2-7-19(18)28-23)21(15)14-20(17)26-12-10-16-5-3-4-11-25-16/h1-9,11,13-14,26H,10,12H2,(H,27,28). The van der Waals surface area contributed by atoms with Gasteiger partial charge in [0.15, 0.2) is 0 Å². The number of fused-ring (bicyclic) bond motifs is 2. The molecule has 3 heterocycles. The molecule has 5 aromatic rings. The van der Waals surface area contributed by atoms with Crippen molar-refractivity contribution in [3.63, 3.8) is 0 Å². The van der Waals surface area contributed by atoms with Crippen LogP contribution in [0.2, 0.25) is 0 Å². The highest BCUT2D eigenvalue weighted by Gasteiger charge is 2.13. The second kappa shape index (κ2) is 7.44. The molecule has 0 bridgehead atoms. The quantitative estimate of drug-likeness (QED) is 0.467. The largest absolute Gasteiger partial charge is 0.382 e. The van der Waals surface area contributed by atoms with E-state index in [0.717, 1.165) is 16.7 Å². The monoisotopic (exact) mass is 399 g/mol. The molecule has 2 aromatic carbocycles. The number of nitrogens with one attached hydrogen (secondary N) is 2. The molecule has 0 aliphatic heterocycles. The molecule has 148 valence electrons. The van der Waals surface area contributed by atoms with E-state index in [1.54, 1.807) is 18.3 Å². The van der Waals surface area contributed by atoms with Crippen LogP contribution in [0.4, 0.5) is 10.1 Å². The fourth-order valence-corrected chi connectivity index (χ4v) is 3.53. The molecule has 5 rings (SSSR count). The number of rotatable bonds is 5. The van der Waals surface area contributed by atoms with Crippen molar-refractivity contribution in [1.82, 2.24) is 19.5 Å². The van der Waals surface area contributed by atoms with E-state index in [2.05, 4.69) is 20.3 Å². The van der Waals surface area contributed by atoms with Gasteiger partial charge in [-0.2, -0.15) is 0 Å². The third kappa shape index (κ3) is 3.30. The summed E-state index contributed by atoms with van der Waals surface area (Å²) < 4.78 is 16.1. The average molecular weight is 399 g/mol. The molecule has 0 aliphatic carbocycles. The van der Waals surface area contributed by atoms with E-state index in [0.29, 0.717) is 35.5 Å². The number of nitrogens with zero attached hydrogens (tertiary/aromatic N) is 3. The van der Waals surface area contributed by atoms with Crippen LogP contribution in [0.15, 0.2) is 77.7 Å². The summed E-state index contributed by atoms with van der Waals surface area (Å²) in [4.78, 5) is 24.7.